The average molecular weight is 262 g/mol. The van der Waals surface area contributed by atoms with Gasteiger partial charge in [0, 0.05) is 12.1 Å². The summed E-state index contributed by atoms with van der Waals surface area (Å²) >= 11 is 0. The van der Waals surface area contributed by atoms with Gasteiger partial charge in [-0.15, -0.1) is 0 Å². The van der Waals surface area contributed by atoms with Crippen LogP contribution in [0.5, 0.6) is 5.75 Å². The van der Waals surface area contributed by atoms with Crippen molar-refractivity contribution >= 4 is 0 Å². The number of methoxy groups -OCH3 is 1. The van der Waals surface area contributed by atoms with Crippen molar-refractivity contribution in [3.63, 3.8) is 0 Å². The van der Waals surface area contributed by atoms with Crippen molar-refractivity contribution in [3.8, 4) is 5.75 Å². The molecular formula is C16H26N2O. The van der Waals surface area contributed by atoms with E-state index in [0.29, 0.717) is 12.0 Å². The van der Waals surface area contributed by atoms with Crippen LogP contribution in [0.4, 0.5) is 0 Å². The first-order valence-corrected chi connectivity index (χ1v) is 7.30. The third-order valence-electron chi connectivity index (χ3n) is 4.04. The van der Waals surface area contributed by atoms with Gasteiger partial charge in [-0.05, 0) is 42.5 Å². The maximum absolute atomic E-state index is 6.43. The van der Waals surface area contributed by atoms with E-state index < -0.39 is 0 Å². The highest BCUT2D eigenvalue weighted by atomic mass is 16.5. The van der Waals surface area contributed by atoms with Gasteiger partial charge < -0.3 is 15.8 Å². The molecule has 1 aliphatic heterocycles. The van der Waals surface area contributed by atoms with Gasteiger partial charge >= 0.3 is 0 Å². The monoisotopic (exact) mass is 262 g/mol. The highest BCUT2D eigenvalue weighted by Crippen LogP contribution is 2.30. The zero-order valence-corrected chi connectivity index (χ0v) is 12.3. The second-order valence-electron chi connectivity index (χ2n) is 5.74. The van der Waals surface area contributed by atoms with E-state index in [1.807, 2.05) is 6.07 Å². The van der Waals surface area contributed by atoms with Crippen molar-refractivity contribution in [1.82, 2.24) is 5.32 Å². The standard InChI is InChI=1S/C16H26N2O/c1-11(2)13-10-12(7-8-15(13)19-3)16(17)14-6-4-5-9-18-14/h7-8,10-11,14,16,18H,4-6,9,17H2,1-3H3. The van der Waals surface area contributed by atoms with E-state index in [0.717, 1.165) is 12.3 Å². The predicted molar refractivity (Wildman–Crippen MR) is 79.7 cm³/mol. The van der Waals surface area contributed by atoms with E-state index in [2.05, 4.69) is 31.3 Å². The van der Waals surface area contributed by atoms with Gasteiger partial charge in [0.05, 0.1) is 7.11 Å². The van der Waals surface area contributed by atoms with Crippen LogP contribution in [0.2, 0.25) is 0 Å². The lowest BCUT2D eigenvalue weighted by atomic mass is 9.90. The Morgan fingerprint density at radius 1 is 1.32 bits per heavy atom. The molecule has 2 rings (SSSR count). The van der Waals surface area contributed by atoms with Crippen LogP contribution in [0, 0.1) is 0 Å². The zero-order chi connectivity index (χ0) is 13.8. The molecule has 0 aromatic heterocycles. The molecular weight excluding hydrogens is 236 g/mol. The van der Waals surface area contributed by atoms with Crippen LogP contribution in [0.25, 0.3) is 0 Å². The molecule has 1 saturated heterocycles. The molecule has 0 amide bonds. The van der Waals surface area contributed by atoms with Gasteiger partial charge in [0.2, 0.25) is 0 Å². The fourth-order valence-corrected chi connectivity index (χ4v) is 2.83. The first-order valence-electron chi connectivity index (χ1n) is 7.30. The molecule has 1 aromatic carbocycles. The number of nitrogens with two attached hydrogens (primary N) is 1. The molecule has 1 aliphatic rings. The van der Waals surface area contributed by atoms with Crippen molar-refractivity contribution < 1.29 is 4.74 Å². The molecule has 0 radical (unpaired) electrons. The van der Waals surface area contributed by atoms with Crippen LogP contribution in [0.15, 0.2) is 18.2 Å². The zero-order valence-electron chi connectivity index (χ0n) is 12.3. The SMILES string of the molecule is COc1ccc(C(N)C2CCCCN2)cc1C(C)C. The number of nitrogens with one attached hydrogen (secondary N) is 1. The smallest absolute Gasteiger partial charge is 0.122 e. The van der Waals surface area contributed by atoms with Gasteiger partial charge in [0.15, 0.2) is 0 Å². The number of rotatable bonds is 4. The summed E-state index contributed by atoms with van der Waals surface area (Å²) in [4.78, 5) is 0. The van der Waals surface area contributed by atoms with E-state index in [1.54, 1.807) is 7.11 Å². The number of benzene rings is 1. The Balaban J connectivity index is 2.21. The molecule has 0 spiro atoms. The molecule has 0 bridgehead atoms. The molecule has 3 nitrogen and oxygen atoms in total. The van der Waals surface area contributed by atoms with Crippen LogP contribution >= 0.6 is 0 Å². The van der Waals surface area contributed by atoms with Crippen LogP contribution < -0.4 is 15.8 Å². The highest BCUT2D eigenvalue weighted by molar-refractivity contribution is 5.40. The van der Waals surface area contributed by atoms with Crippen LogP contribution in [-0.2, 0) is 0 Å². The van der Waals surface area contributed by atoms with Gasteiger partial charge in [-0.2, -0.15) is 0 Å². The highest BCUT2D eigenvalue weighted by Gasteiger charge is 2.22. The van der Waals surface area contributed by atoms with E-state index in [1.165, 1.54) is 30.4 Å². The Morgan fingerprint density at radius 2 is 2.11 bits per heavy atom. The van der Waals surface area contributed by atoms with Gasteiger partial charge in [-0.3, -0.25) is 0 Å². The molecule has 3 N–H and O–H groups in total. The number of piperidine rings is 1. The summed E-state index contributed by atoms with van der Waals surface area (Å²) < 4.78 is 5.43. The number of hydrogen-bond donors (Lipinski definition) is 2. The molecule has 1 fully saturated rings. The van der Waals surface area contributed by atoms with Gasteiger partial charge in [-0.1, -0.05) is 32.4 Å². The fourth-order valence-electron chi connectivity index (χ4n) is 2.83. The third-order valence-corrected chi connectivity index (χ3v) is 4.04. The second kappa shape index (κ2) is 6.40. The normalized spacial score (nSPS) is 21.4. The molecule has 2 atom stereocenters. The maximum Gasteiger partial charge on any atom is 0.122 e. The third kappa shape index (κ3) is 3.28. The summed E-state index contributed by atoms with van der Waals surface area (Å²) in [6, 6.07) is 6.84. The summed E-state index contributed by atoms with van der Waals surface area (Å²) in [5.74, 6) is 1.41. The summed E-state index contributed by atoms with van der Waals surface area (Å²) in [5, 5.41) is 3.54. The summed E-state index contributed by atoms with van der Waals surface area (Å²) in [6.07, 6.45) is 3.71. The van der Waals surface area contributed by atoms with Crippen molar-refractivity contribution in [1.29, 1.82) is 0 Å². The largest absolute Gasteiger partial charge is 0.496 e. The maximum atomic E-state index is 6.43. The van der Waals surface area contributed by atoms with Crippen molar-refractivity contribution in [2.75, 3.05) is 13.7 Å². The Labute approximate surface area is 116 Å². The lowest BCUT2D eigenvalue weighted by Crippen LogP contribution is -2.42. The lowest BCUT2D eigenvalue weighted by molar-refractivity contribution is 0.353. The summed E-state index contributed by atoms with van der Waals surface area (Å²) in [7, 11) is 1.73. The van der Waals surface area contributed by atoms with Crippen LogP contribution in [0.1, 0.15) is 56.2 Å². The molecule has 1 heterocycles. The first-order chi connectivity index (χ1) is 9.13. The summed E-state index contributed by atoms with van der Waals surface area (Å²) in [6.45, 7) is 5.46. The minimum atomic E-state index is 0.0729. The Kier molecular flexibility index (Phi) is 4.83. The summed E-state index contributed by atoms with van der Waals surface area (Å²) in [5.41, 5.74) is 8.88. The van der Waals surface area contributed by atoms with Gasteiger partial charge in [0.25, 0.3) is 0 Å². The molecule has 0 aliphatic carbocycles. The Bertz CT molecular complexity index is 411. The average Bonchev–Trinajstić information content (AvgIpc) is 2.46. The van der Waals surface area contributed by atoms with Crippen molar-refractivity contribution in [2.45, 2.75) is 51.1 Å². The van der Waals surface area contributed by atoms with Crippen LogP contribution in [0.3, 0.4) is 0 Å². The Hall–Kier alpha value is -1.06. The molecule has 19 heavy (non-hydrogen) atoms. The molecule has 0 saturated carbocycles. The van der Waals surface area contributed by atoms with Crippen molar-refractivity contribution in [2.24, 2.45) is 5.73 Å². The minimum absolute atomic E-state index is 0.0729. The van der Waals surface area contributed by atoms with Crippen LogP contribution in [-0.4, -0.2) is 19.7 Å². The van der Waals surface area contributed by atoms with Gasteiger partial charge in [-0.25, -0.2) is 0 Å². The fraction of sp³-hybridized carbons (Fsp3) is 0.625. The molecule has 1 aromatic rings. The number of hydrogen-bond acceptors (Lipinski definition) is 3. The predicted octanol–water partition coefficient (Wildman–Crippen LogP) is 2.96. The molecule has 3 heteroatoms. The minimum Gasteiger partial charge on any atom is -0.496 e. The van der Waals surface area contributed by atoms with E-state index in [9.17, 15) is 0 Å². The van der Waals surface area contributed by atoms with E-state index in [4.69, 9.17) is 10.5 Å². The van der Waals surface area contributed by atoms with E-state index >= 15 is 0 Å². The second-order valence-corrected chi connectivity index (χ2v) is 5.74. The first kappa shape index (κ1) is 14.4. The molecule has 2 unspecified atom stereocenters. The number of ether oxygens (including phenoxy) is 1. The van der Waals surface area contributed by atoms with Crippen molar-refractivity contribution in [3.05, 3.63) is 29.3 Å². The molecule has 106 valence electrons. The topological polar surface area (TPSA) is 47.3 Å². The van der Waals surface area contributed by atoms with E-state index in [-0.39, 0.29) is 6.04 Å². The Morgan fingerprint density at radius 3 is 2.68 bits per heavy atom. The van der Waals surface area contributed by atoms with Gasteiger partial charge in [0.1, 0.15) is 5.75 Å². The lowest BCUT2D eigenvalue weighted by Gasteiger charge is -2.29. The quantitative estimate of drug-likeness (QED) is 0.877.